The van der Waals surface area contributed by atoms with Crippen molar-refractivity contribution in [2.45, 2.75) is 20.3 Å². The number of piperidine rings is 1. The molecule has 1 aliphatic carbocycles. The third kappa shape index (κ3) is 2.31. The van der Waals surface area contributed by atoms with Crippen LogP contribution in [0, 0.1) is 17.8 Å². The molecule has 2 aliphatic rings. The number of likely N-dealkylation sites (tertiary alicyclic amines) is 1. The normalized spacial score (nSPS) is 31.2. The van der Waals surface area contributed by atoms with Crippen molar-refractivity contribution in [1.29, 1.82) is 0 Å². The minimum absolute atomic E-state index is 0.00231. The lowest BCUT2D eigenvalue weighted by Gasteiger charge is -2.36. The van der Waals surface area contributed by atoms with Crippen molar-refractivity contribution in [3.05, 3.63) is 24.3 Å². The molecule has 15 heavy (non-hydrogen) atoms. The molecule has 0 radical (unpaired) electrons. The van der Waals surface area contributed by atoms with Crippen LogP contribution in [0.5, 0.6) is 0 Å². The monoisotopic (exact) mass is 205 g/mol. The Labute approximate surface area is 91.6 Å². The van der Waals surface area contributed by atoms with Crippen LogP contribution >= 0.6 is 0 Å². The highest BCUT2D eigenvalue weighted by Gasteiger charge is 2.28. The van der Waals surface area contributed by atoms with Gasteiger partial charge in [0.1, 0.15) is 0 Å². The second-order valence-electron chi connectivity index (χ2n) is 4.98. The number of hydrogen-bond acceptors (Lipinski definition) is 1. The van der Waals surface area contributed by atoms with Gasteiger partial charge in [0.05, 0.1) is 5.92 Å². The van der Waals surface area contributed by atoms with Crippen LogP contribution in [-0.2, 0) is 4.79 Å². The van der Waals surface area contributed by atoms with Crippen molar-refractivity contribution in [1.82, 2.24) is 4.90 Å². The molecule has 0 bridgehead atoms. The lowest BCUT2D eigenvalue weighted by molar-refractivity contribution is -0.135. The second kappa shape index (κ2) is 4.21. The van der Waals surface area contributed by atoms with E-state index in [2.05, 4.69) is 13.8 Å². The molecule has 0 aromatic heterocycles. The van der Waals surface area contributed by atoms with Crippen molar-refractivity contribution in [2.24, 2.45) is 17.8 Å². The van der Waals surface area contributed by atoms with E-state index in [0.717, 1.165) is 13.1 Å². The van der Waals surface area contributed by atoms with E-state index in [4.69, 9.17) is 0 Å². The van der Waals surface area contributed by atoms with Crippen molar-refractivity contribution in [3.8, 4) is 0 Å². The summed E-state index contributed by atoms with van der Waals surface area (Å²) >= 11 is 0. The van der Waals surface area contributed by atoms with Crippen LogP contribution in [0.1, 0.15) is 20.3 Å². The van der Waals surface area contributed by atoms with E-state index in [-0.39, 0.29) is 11.8 Å². The summed E-state index contributed by atoms with van der Waals surface area (Å²) in [5, 5.41) is 0. The molecule has 1 saturated heterocycles. The van der Waals surface area contributed by atoms with Crippen molar-refractivity contribution in [3.63, 3.8) is 0 Å². The molecule has 1 fully saturated rings. The predicted octanol–water partition coefficient (Wildman–Crippen LogP) is 2.23. The van der Waals surface area contributed by atoms with Crippen LogP contribution in [0.15, 0.2) is 24.3 Å². The van der Waals surface area contributed by atoms with E-state index in [1.807, 2.05) is 29.2 Å². The standard InChI is InChI=1S/C13H19NO/c1-10-7-11(2)9-14(8-10)13(15)12-5-3-4-6-12/h3-6,10-12H,7-9H2,1-2H3. The van der Waals surface area contributed by atoms with Crippen LogP contribution in [0.4, 0.5) is 0 Å². The van der Waals surface area contributed by atoms with Gasteiger partial charge >= 0.3 is 0 Å². The highest BCUT2D eigenvalue weighted by Crippen LogP contribution is 2.23. The number of nitrogens with zero attached hydrogens (tertiary/aromatic N) is 1. The average molecular weight is 205 g/mol. The van der Waals surface area contributed by atoms with Gasteiger partial charge in [0.2, 0.25) is 5.91 Å². The molecule has 2 unspecified atom stereocenters. The minimum Gasteiger partial charge on any atom is -0.341 e. The van der Waals surface area contributed by atoms with Crippen LogP contribution in [0.2, 0.25) is 0 Å². The zero-order chi connectivity index (χ0) is 10.8. The quantitative estimate of drug-likeness (QED) is 0.643. The maximum atomic E-state index is 12.1. The predicted molar refractivity (Wildman–Crippen MR) is 61.3 cm³/mol. The van der Waals surface area contributed by atoms with E-state index >= 15 is 0 Å². The van der Waals surface area contributed by atoms with Gasteiger partial charge in [0.25, 0.3) is 0 Å². The molecule has 2 atom stereocenters. The lowest BCUT2D eigenvalue weighted by atomic mass is 9.91. The fourth-order valence-corrected chi connectivity index (χ4v) is 2.65. The maximum Gasteiger partial charge on any atom is 0.233 e. The molecule has 1 heterocycles. The Kier molecular flexibility index (Phi) is 2.94. The summed E-state index contributed by atoms with van der Waals surface area (Å²) < 4.78 is 0. The first-order chi connectivity index (χ1) is 7.16. The third-order valence-corrected chi connectivity index (χ3v) is 3.21. The number of hydrogen-bond donors (Lipinski definition) is 0. The Morgan fingerprint density at radius 1 is 1.13 bits per heavy atom. The molecule has 0 N–H and O–H groups in total. The Balaban J connectivity index is 2.00. The molecular weight excluding hydrogens is 186 g/mol. The highest BCUT2D eigenvalue weighted by molar-refractivity contribution is 5.83. The van der Waals surface area contributed by atoms with Crippen LogP contribution in [0.3, 0.4) is 0 Å². The summed E-state index contributed by atoms with van der Waals surface area (Å²) in [6, 6.07) is 0. The third-order valence-electron chi connectivity index (χ3n) is 3.21. The van der Waals surface area contributed by atoms with Crippen molar-refractivity contribution < 1.29 is 4.79 Å². The molecule has 2 rings (SSSR count). The van der Waals surface area contributed by atoms with Crippen molar-refractivity contribution >= 4 is 5.91 Å². The Bertz CT molecular complexity index is 284. The van der Waals surface area contributed by atoms with Gasteiger partial charge in [-0.2, -0.15) is 0 Å². The number of amides is 1. The number of allylic oxidation sites excluding steroid dienone is 2. The smallest absolute Gasteiger partial charge is 0.233 e. The van der Waals surface area contributed by atoms with Gasteiger partial charge in [-0.05, 0) is 18.3 Å². The van der Waals surface area contributed by atoms with Crippen LogP contribution in [-0.4, -0.2) is 23.9 Å². The van der Waals surface area contributed by atoms with Gasteiger partial charge in [-0.15, -0.1) is 0 Å². The molecule has 1 aliphatic heterocycles. The summed E-state index contributed by atoms with van der Waals surface area (Å²) in [6.07, 6.45) is 9.12. The van der Waals surface area contributed by atoms with Crippen molar-refractivity contribution in [2.75, 3.05) is 13.1 Å². The maximum absolute atomic E-state index is 12.1. The average Bonchev–Trinajstić information content (AvgIpc) is 2.67. The zero-order valence-corrected chi connectivity index (χ0v) is 9.52. The second-order valence-corrected chi connectivity index (χ2v) is 4.98. The SMILES string of the molecule is CC1CC(C)CN(C(=O)C2C=CC=C2)C1. The molecule has 1 amide bonds. The molecule has 82 valence electrons. The van der Waals surface area contributed by atoms with E-state index in [1.165, 1.54) is 6.42 Å². The van der Waals surface area contributed by atoms with Gasteiger partial charge in [0.15, 0.2) is 0 Å². The van der Waals surface area contributed by atoms with Gasteiger partial charge in [-0.3, -0.25) is 4.79 Å². The topological polar surface area (TPSA) is 20.3 Å². The number of carbonyl (C=O) groups is 1. The summed E-state index contributed by atoms with van der Waals surface area (Å²) in [5.74, 6) is 1.57. The van der Waals surface area contributed by atoms with E-state index in [9.17, 15) is 4.79 Å². The molecule has 2 heteroatoms. The van der Waals surface area contributed by atoms with Gasteiger partial charge in [-0.1, -0.05) is 38.2 Å². The molecule has 0 saturated carbocycles. The van der Waals surface area contributed by atoms with Gasteiger partial charge in [0, 0.05) is 13.1 Å². The van der Waals surface area contributed by atoms with Crippen LogP contribution < -0.4 is 0 Å². The molecule has 2 nitrogen and oxygen atoms in total. The fourth-order valence-electron chi connectivity index (χ4n) is 2.65. The summed E-state index contributed by atoms with van der Waals surface area (Å²) in [7, 11) is 0. The van der Waals surface area contributed by atoms with Crippen LogP contribution in [0.25, 0.3) is 0 Å². The first-order valence-corrected chi connectivity index (χ1v) is 5.80. The van der Waals surface area contributed by atoms with E-state index in [0.29, 0.717) is 11.8 Å². The number of rotatable bonds is 1. The van der Waals surface area contributed by atoms with E-state index < -0.39 is 0 Å². The molecule has 0 spiro atoms. The first-order valence-electron chi connectivity index (χ1n) is 5.80. The Morgan fingerprint density at radius 2 is 1.67 bits per heavy atom. The summed E-state index contributed by atoms with van der Waals surface area (Å²) in [5.41, 5.74) is 0. The minimum atomic E-state index is 0.00231. The first kappa shape index (κ1) is 10.5. The van der Waals surface area contributed by atoms with Gasteiger partial charge in [-0.25, -0.2) is 0 Å². The number of carbonyl (C=O) groups excluding carboxylic acids is 1. The zero-order valence-electron chi connectivity index (χ0n) is 9.52. The Morgan fingerprint density at radius 3 is 2.20 bits per heavy atom. The highest BCUT2D eigenvalue weighted by atomic mass is 16.2. The summed E-state index contributed by atoms with van der Waals surface area (Å²) in [4.78, 5) is 14.1. The van der Waals surface area contributed by atoms with Gasteiger partial charge < -0.3 is 4.90 Å². The van der Waals surface area contributed by atoms with E-state index in [1.54, 1.807) is 0 Å². The lowest BCUT2D eigenvalue weighted by Crippen LogP contribution is -2.44. The Hall–Kier alpha value is -1.05. The largest absolute Gasteiger partial charge is 0.341 e. The molecule has 0 aromatic carbocycles. The molecular formula is C13H19NO. The fraction of sp³-hybridized carbons (Fsp3) is 0.615. The summed E-state index contributed by atoms with van der Waals surface area (Å²) in [6.45, 7) is 6.33. The molecule has 0 aromatic rings.